The standard InChI is InChI=1S/C24H16Cl2N2O4/c1-27-23(30)15-9-10-19-16(13-5-7-14(8-6-13)24(31)32)11-20(28(19)12-15)22(29)21-17(25)3-2-4-18(21)26/h2-12H,1H3,(H,27,30)(H,31,32). The third-order valence-corrected chi connectivity index (χ3v) is 5.75. The van der Waals surface area contributed by atoms with Crippen LogP contribution in [-0.2, 0) is 0 Å². The number of carboxylic acids is 1. The molecule has 0 saturated heterocycles. The molecule has 8 heteroatoms. The molecule has 0 aliphatic carbocycles. The van der Waals surface area contributed by atoms with Gasteiger partial charge in [0.25, 0.3) is 5.91 Å². The van der Waals surface area contributed by atoms with Gasteiger partial charge in [0.1, 0.15) is 0 Å². The van der Waals surface area contributed by atoms with E-state index in [2.05, 4.69) is 5.32 Å². The first-order valence-electron chi connectivity index (χ1n) is 9.51. The van der Waals surface area contributed by atoms with Crippen LogP contribution in [-0.4, -0.2) is 34.2 Å². The summed E-state index contributed by atoms with van der Waals surface area (Å²) in [4.78, 5) is 36.9. The smallest absolute Gasteiger partial charge is 0.335 e. The zero-order chi connectivity index (χ0) is 23.0. The minimum Gasteiger partial charge on any atom is -0.478 e. The number of benzene rings is 2. The number of amides is 1. The topological polar surface area (TPSA) is 87.9 Å². The Hall–Kier alpha value is -3.61. The third-order valence-electron chi connectivity index (χ3n) is 5.12. The van der Waals surface area contributed by atoms with Gasteiger partial charge in [-0.05, 0) is 48.0 Å². The van der Waals surface area contributed by atoms with Gasteiger partial charge in [-0.25, -0.2) is 4.79 Å². The molecule has 0 radical (unpaired) electrons. The summed E-state index contributed by atoms with van der Waals surface area (Å²) in [6.45, 7) is 0. The van der Waals surface area contributed by atoms with Crippen LogP contribution in [0, 0.1) is 0 Å². The number of halogens is 2. The molecular weight excluding hydrogens is 451 g/mol. The van der Waals surface area contributed by atoms with E-state index in [1.807, 2.05) is 0 Å². The van der Waals surface area contributed by atoms with Crippen molar-refractivity contribution in [2.75, 3.05) is 7.05 Å². The highest BCUT2D eigenvalue weighted by Gasteiger charge is 2.23. The van der Waals surface area contributed by atoms with Crippen molar-refractivity contribution in [2.45, 2.75) is 0 Å². The molecule has 0 bridgehead atoms. The molecule has 0 spiro atoms. The SMILES string of the molecule is CNC(=O)c1ccc2c(-c3ccc(C(=O)O)cc3)cc(C(=O)c3c(Cl)cccc3Cl)n2c1. The Balaban J connectivity index is 1.96. The molecule has 4 rings (SSSR count). The molecule has 160 valence electrons. The van der Waals surface area contributed by atoms with E-state index >= 15 is 0 Å². The van der Waals surface area contributed by atoms with Gasteiger partial charge in [0, 0.05) is 18.8 Å². The maximum absolute atomic E-state index is 13.5. The molecule has 0 aliphatic rings. The summed E-state index contributed by atoms with van der Waals surface area (Å²) in [5.41, 5.74) is 3.00. The zero-order valence-electron chi connectivity index (χ0n) is 16.7. The predicted molar refractivity (Wildman–Crippen MR) is 123 cm³/mol. The fourth-order valence-corrected chi connectivity index (χ4v) is 4.09. The van der Waals surface area contributed by atoms with E-state index in [9.17, 15) is 14.4 Å². The molecule has 6 nitrogen and oxygen atoms in total. The Morgan fingerprint density at radius 1 is 0.906 bits per heavy atom. The summed E-state index contributed by atoms with van der Waals surface area (Å²) in [6.07, 6.45) is 1.57. The van der Waals surface area contributed by atoms with Crippen molar-refractivity contribution in [1.29, 1.82) is 0 Å². The monoisotopic (exact) mass is 466 g/mol. The number of carbonyl (C=O) groups is 3. The lowest BCUT2D eigenvalue weighted by atomic mass is 10.0. The Bertz CT molecular complexity index is 1370. The average molecular weight is 467 g/mol. The summed E-state index contributed by atoms with van der Waals surface area (Å²) in [5.74, 6) is -1.74. The van der Waals surface area contributed by atoms with Crippen molar-refractivity contribution in [3.8, 4) is 11.1 Å². The minimum absolute atomic E-state index is 0.151. The number of hydrogen-bond donors (Lipinski definition) is 2. The molecule has 0 saturated carbocycles. The van der Waals surface area contributed by atoms with Gasteiger partial charge >= 0.3 is 5.97 Å². The molecule has 1 amide bonds. The number of rotatable bonds is 5. The Morgan fingerprint density at radius 2 is 1.53 bits per heavy atom. The number of carboxylic acid groups (broad SMARTS) is 1. The highest BCUT2D eigenvalue weighted by atomic mass is 35.5. The number of fused-ring (bicyclic) bond motifs is 1. The zero-order valence-corrected chi connectivity index (χ0v) is 18.2. The summed E-state index contributed by atoms with van der Waals surface area (Å²) in [7, 11) is 1.52. The first-order chi connectivity index (χ1) is 15.3. The number of nitrogens with one attached hydrogen (secondary N) is 1. The van der Waals surface area contributed by atoms with Crippen LogP contribution in [0.4, 0.5) is 0 Å². The maximum Gasteiger partial charge on any atom is 0.335 e. The van der Waals surface area contributed by atoms with Crippen LogP contribution < -0.4 is 5.32 Å². The third kappa shape index (κ3) is 3.75. The molecule has 2 aromatic carbocycles. The second-order valence-electron chi connectivity index (χ2n) is 7.00. The molecule has 4 aromatic rings. The minimum atomic E-state index is -1.03. The van der Waals surface area contributed by atoms with Gasteiger partial charge in [-0.3, -0.25) is 9.59 Å². The van der Waals surface area contributed by atoms with Crippen LogP contribution in [0.5, 0.6) is 0 Å². The molecule has 2 N–H and O–H groups in total. The van der Waals surface area contributed by atoms with E-state index in [4.69, 9.17) is 28.3 Å². The lowest BCUT2D eigenvalue weighted by Gasteiger charge is -2.08. The van der Waals surface area contributed by atoms with Crippen LogP contribution in [0.25, 0.3) is 16.6 Å². The van der Waals surface area contributed by atoms with E-state index in [-0.39, 0.29) is 32.8 Å². The van der Waals surface area contributed by atoms with E-state index < -0.39 is 11.8 Å². The van der Waals surface area contributed by atoms with E-state index in [1.54, 1.807) is 59.1 Å². The maximum atomic E-state index is 13.5. The Morgan fingerprint density at radius 3 is 2.12 bits per heavy atom. The van der Waals surface area contributed by atoms with Crippen molar-refractivity contribution in [3.05, 3.63) is 99.3 Å². The van der Waals surface area contributed by atoms with E-state index in [0.717, 1.165) is 0 Å². The van der Waals surface area contributed by atoms with Crippen LogP contribution in [0.3, 0.4) is 0 Å². The first kappa shape index (κ1) is 21.6. The van der Waals surface area contributed by atoms with Gasteiger partial charge < -0.3 is 14.8 Å². The molecular formula is C24H16Cl2N2O4. The van der Waals surface area contributed by atoms with E-state index in [1.165, 1.54) is 19.2 Å². The summed E-state index contributed by atoms with van der Waals surface area (Å²) in [5, 5.41) is 12.2. The van der Waals surface area contributed by atoms with Crippen LogP contribution in [0.1, 0.15) is 36.8 Å². The number of aromatic nitrogens is 1. The lowest BCUT2D eigenvalue weighted by molar-refractivity contribution is 0.0696. The molecule has 2 aromatic heterocycles. The van der Waals surface area contributed by atoms with Gasteiger partial charge in [-0.2, -0.15) is 0 Å². The molecule has 0 unspecified atom stereocenters. The number of ketones is 1. The Kier molecular flexibility index (Phi) is 5.74. The van der Waals surface area contributed by atoms with Crippen LogP contribution >= 0.6 is 23.2 Å². The Labute approximate surface area is 193 Å². The van der Waals surface area contributed by atoms with Crippen molar-refractivity contribution >= 4 is 46.4 Å². The largest absolute Gasteiger partial charge is 0.478 e. The quantitative estimate of drug-likeness (QED) is 0.395. The number of carbonyl (C=O) groups excluding carboxylic acids is 2. The van der Waals surface area contributed by atoms with E-state index in [0.29, 0.717) is 22.2 Å². The van der Waals surface area contributed by atoms with Crippen molar-refractivity contribution in [1.82, 2.24) is 9.72 Å². The van der Waals surface area contributed by atoms with Crippen LogP contribution in [0.15, 0.2) is 66.9 Å². The highest BCUT2D eigenvalue weighted by Crippen LogP contribution is 2.33. The van der Waals surface area contributed by atoms with Crippen molar-refractivity contribution in [2.24, 2.45) is 0 Å². The fourth-order valence-electron chi connectivity index (χ4n) is 3.52. The van der Waals surface area contributed by atoms with Crippen LogP contribution in [0.2, 0.25) is 10.0 Å². The second-order valence-corrected chi connectivity index (χ2v) is 7.82. The number of pyridine rings is 1. The number of hydrogen-bond acceptors (Lipinski definition) is 3. The van der Waals surface area contributed by atoms with Gasteiger partial charge in [0.2, 0.25) is 5.78 Å². The summed E-state index contributed by atoms with van der Waals surface area (Å²) >= 11 is 12.5. The van der Waals surface area contributed by atoms with Crippen molar-refractivity contribution < 1.29 is 19.5 Å². The normalized spacial score (nSPS) is 10.8. The molecule has 32 heavy (non-hydrogen) atoms. The van der Waals surface area contributed by atoms with Gasteiger partial charge in [-0.1, -0.05) is 41.4 Å². The number of nitrogens with zero attached hydrogens (tertiary/aromatic N) is 1. The number of aromatic carboxylic acids is 1. The average Bonchev–Trinajstić information content (AvgIpc) is 3.17. The summed E-state index contributed by atoms with van der Waals surface area (Å²) < 4.78 is 1.62. The predicted octanol–water partition coefficient (Wildman–Crippen LogP) is 5.20. The summed E-state index contributed by atoms with van der Waals surface area (Å²) in [6, 6.07) is 16.2. The molecule has 0 atom stereocenters. The van der Waals surface area contributed by atoms with Crippen molar-refractivity contribution in [3.63, 3.8) is 0 Å². The van der Waals surface area contributed by atoms with Gasteiger partial charge in [0.15, 0.2) is 0 Å². The fraction of sp³-hybridized carbons (Fsp3) is 0.0417. The lowest BCUT2D eigenvalue weighted by Crippen LogP contribution is -2.18. The molecule has 2 heterocycles. The second kappa shape index (κ2) is 8.49. The molecule has 0 aliphatic heterocycles. The van der Waals surface area contributed by atoms with Gasteiger partial charge in [0.05, 0.1) is 37.9 Å². The first-order valence-corrected chi connectivity index (χ1v) is 10.3. The molecule has 0 fully saturated rings. The highest BCUT2D eigenvalue weighted by molar-refractivity contribution is 6.41. The van der Waals surface area contributed by atoms with Gasteiger partial charge in [-0.15, -0.1) is 0 Å².